The molecule has 2 atom stereocenters. The van der Waals surface area contributed by atoms with Crippen LogP contribution in [0.25, 0.3) is 0 Å². The van der Waals surface area contributed by atoms with E-state index in [1.165, 1.54) is 5.56 Å². The van der Waals surface area contributed by atoms with E-state index in [9.17, 15) is 0 Å². The largest absolute Gasteiger partial charge is 0.381 e. The van der Waals surface area contributed by atoms with Gasteiger partial charge in [-0.25, -0.2) is 0 Å². The molecule has 0 spiro atoms. The lowest BCUT2D eigenvalue weighted by molar-refractivity contribution is 0.0342. The molecular weight excluding hydrogens is 222 g/mol. The summed E-state index contributed by atoms with van der Waals surface area (Å²) in [7, 11) is 2.02. The summed E-state index contributed by atoms with van der Waals surface area (Å²) in [5.74, 6) is 0.527. The Balaban J connectivity index is 2.05. The van der Waals surface area contributed by atoms with Gasteiger partial charge in [0.1, 0.15) is 0 Å². The molecule has 1 saturated heterocycles. The molecule has 2 unspecified atom stereocenters. The smallest absolute Gasteiger partial charge is 0.0512 e. The minimum absolute atomic E-state index is 0.527. The monoisotopic (exact) mass is 239 g/mol. The molecule has 1 N–H and O–H groups in total. The Morgan fingerprint density at radius 2 is 2.25 bits per heavy atom. The van der Waals surface area contributed by atoms with Gasteiger partial charge in [-0.1, -0.05) is 29.8 Å². The summed E-state index contributed by atoms with van der Waals surface area (Å²) < 4.78 is 5.54. The number of ether oxygens (including phenoxy) is 1. The van der Waals surface area contributed by atoms with Gasteiger partial charge in [0.15, 0.2) is 0 Å². The second kappa shape index (κ2) is 5.67. The van der Waals surface area contributed by atoms with Crippen LogP contribution < -0.4 is 5.32 Å². The summed E-state index contributed by atoms with van der Waals surface area (Å²) in [5.41, 5.74) is 1.22. The highest BCUT2D eigenvalue weighted by atomic mass is 35.5. The summed E-state index contributed by atoms with van der Waals surface area (Å²) in [5, 5.41) is 4.23. The summed E-state index contributed by atoms with van der Waals surface area (Å²) in [6, 6.07) is 8.61. The molecule has 0 radical (unpaired) electrons. The van der Waals surface area contributed by atoms with E-state index >= 15 is 0 Å². The molecule has 1 aliphatic rings. The Morgan fingerprint density at radius 1 is 1.44 bits per heavy atom. The zero-order valence-corrected chi connectivity index (χ0v) is 10.3. The second-order valence-corrected chi connectivity index (χ2v) is 4.72. The first-order chi connectivity index (χ1) is 7.81. The maximum atomic E-state index is 6.17. The lowest BCUT2D eigenvalue weighted by Gasteiger charge is -2.31. The third-order valence-electron chi connectivity index (χ3n) is 3.28. The van der Waals surface area contributed by atoms with E-state index in [2.05, 4.69) is 11.4 Å². The molecule has 2 rings (SSSR count). The minimum Gasteiger partial charge on any atom is -0.381 e. The van der Waals surface area contributed by atoms with Crippen molar-refractivity contribution in [3.63, 3.8) is 0 Å². The van der Waals surface area contributed by atoms with Crippen molar-refractivity contribution in [3.05, 3.63) is 34.9 Å². The van der Waals surface area contributed by atoms with Crippen LogP contribution >= 0.6 is 11.6 Å². The standard InChI is InChI=1S/C13H18ClNO/c1-15-13-6-7-16-9-11(13)8-10-4-2-3-5-12(10)14/h2-5,11,13,15H,6-9H2,1H3. The molecule has 1 aromatic rings. The van der Waals surface area contributed by atoms with E-state index in [4.69, 9.17) is 16.3 Å². The third kappa shape index (κ3) is 2.76. The predicted octanol–water partition coefficient (Wildman–Crippen LogP) is 2.51. The van der Waals surface area contributed by atoms with E-state index in [-0.39, 0.29) is 0 Å². The van der Waals surface area contributed by atoms with E-state index in [0.29, 0.717) is 12.0 Å². The van der Waals surface area contributed by atoms with Crippen molar-refractivity contribution >= 4 is 11.6 Å². The first-order valence-corrected chi connectivity index (χ1v) is 6.17. The van der Waals surface area contributed by atoms with Crippen LogP contribution in [0.4, 0.5) is 0 Å². The van der Waals surface area contributed by atoms with Gasteiger partial charge in [-0.2, -0.15) is 0 Å². The number of nitrogens with one attached hydrogen (secondary N) is 1. The van der Waals surface area contributed by atoms with E-state index in [0.717, 1.165) is 31.1 Å². The van der Waals surface area contributed by atoms with Gasteiger partial charge in [0, 0.05) is 23.6 Å². The highest BCUT2D eigenvalue weighted by Gasteiger charge is 2.24. The van der Waals surface area contributed by atoms with Crippen LogP contribution in [0.2, 0.25) is 5.02 Å². The van der Waals surface area contributed by atoms with Crippen LogP contribution in [0.1, 0.15) is 12.0 Å². The Morgan fingerprint density at radius 3 is 3.00 bits per heavy atom. The maximum Gasteiger partial charge on any atom is 0.0512 e. The molecule has 1 fully saturated rings. The topological polar surface area (TPSA) is 21.3 Å². The van der Waals surface area contributed by atoms with Gasteiger partial charge in [-0.15, -0.1) is 0 Å². The van der Waals surface area contributed by atoms with E-state index < -0.39 is 0 Å². The molecule has 1 aliphatic heterocycles. The van der Waals surface area contributed by atoms with Gasteiger partial charge in [-0.3, -0.25) is 0 Å². The number of benzene rings is 1. The Hall–Kier alpha value is -0.570. The number of rotatable bonds is 3. The van der Waals surface area contributed by atoms with Gasteiger partial charge in [0.05, 0.1) is 6.61 Å². The molecular formula is C13H18ClNO. The fraction of sp³-hybridized carbons (Fsp3) is 0.538. The third-order valence-corrected chi connectivity index (χ3v) is 3.65. The first kappa shape index (κ1) is 11.9. The molecule has 1 heterocycles. The van der Waals surface area contributed by atoms with E-state index in [1.54, 1.807) is 0 Å². The van der Waals surface area contributed by atoms with Gasteiger partial charge < -0.3 is 10.1 Å². The van der Waals surface area contributed by atoms with Crippen LogP contribution in [-0.4, -0.2) is 26.3 Å². The fourth-order valence-corrected chi connectivity index (χ4v) is 2.54. The predicted molar refractivity (Wildman–Crippen MR) is 66.9 cm³/mol. The highest BCUT2D eigenvalue weighted by molar-refractivity contribution is 6.31. The summed E-state index contributed by atoms with van der Waals surface area (Å²) in [6.07, 6.45) is 2.08. The fourth-order valence-electron chi connectivity index (χ4n) is 2.32. The normalized spacial score (nSPS) is 25.6. The first-order valence-electron chi connectivity index (χ1n) is 5.79. The second-order valence-electron chi connectivity index (χ2n) is 4.31. The summed E-state index contributed by atoms with van der Waals surface area (Å²) in [6.45, 7) is 1.70. The Kier molecular flexibility index (Phi) is 4.22. The van der Waals surface area contributed by atoms with Gasteiger partial charge in [-0.05, 0) is 31.5 Å². The SMILES string of the molecule is CNC1CCOCC1Cc1ccccc1Cl. The average molecular weight is 240 g/mol. The number of halogens is 1. The molecule has 0 saturated carbocycles. The van der Waals surface area contributed by atoms with Crippen LogP contribution in [-0.2, 0) is 11.2 Å². The van der Waals surface area contributed by atoms with Crippen molar-refractivity contribution in [1.82, 2.24) is 5.32 Å². The van der Waals surface area contributed by atoms with E-state index in [1.807, 2.05) is 25.2 Å². The van der Waals surface area contributed by atoms with Gasteiger partial charge >= 0.3 is 0 Å². The van der Waals surface area contributed by atoms with Gasteiger partial charge in [0.2, 0.25) is 0 Å². The zero-order valence-electron chi connectivity index (χ0n) is 9.58. The van der Waals surface area contributed by atoms with Gasteiger partial charge in [0.25, 0.3) is 0 Å². The van der Waals surface area contributed by atoms with Crippen molar-refractivity contribution in [2.45, 2.75) is 18.9 Å². The zero-order chi connectivity index (χ0) is 11.4. The molecule has 88 valence electrons. The Bertz CT molecular complexity index is 342. The summed E-state index contributed by atoms with van der Waals surface area (Å²) >= 11 is 6.17. The lowest BCUT2D eigenvalue weighted by atomic mass is 9.89. The minimum atomic E-state index is 0.527. The van der Waals surface area contributed by atoms with Crippen LogP contribution in [0.15, 0.2) is 24.3 Å². The molecule has 2 nitrogen and oxygen atoms in total. The molecule has 1 aromatic carbocycles. The Labute approximate surface area is 102 Å². The van der Waals surface area contributed by atoms with Crippen molar-refractivity contribution in [1.29, 1.82) is 0 Å². The quantitative estimate of drug-likeness (QED) is 0.875. The maximum absolute atomic E-state index is 6.17. The molecule has 16 heavy (non-hydrogen) atoms. The van der Waals surface area contributed by atoms with Crippen LogP contribution in [0, 0.1) is 5.92 Å². The highest BCUT2D eigenvalue weighted by Crippen LogP contribution is 2.23. The van der Waals surface area contributed by atoms with Crippen molar-refractivity contribution in [2.24, 2.45) is 5.92 Å². The summed E-state index contributed by atoms with van der Waals surface area (Å²) in [4.78, 5) is 0. The van der Waals surface area contributed by atoms with Crippen molar-refractivity contribution in [3.8, 4) is 0 Å². The molecule has 0 bridgehead atoms. The van der Waals surface area contributed by atoms with Crippen molar-refractivity contribution in [2.75, 3.05) is 20.3 Å². The molecule has 0 amide bonds. The van der Waals surface area contributed by atoms with Crippen molar-refractivity contribution < 1.29 is 4.74 Å². The lowest BCUT2D eigenvalue weighted by Crippen LogP contribution is -2.41. The number of hydrogen-bond acceptors (Lipinski definition) is 2. The molecule has 0 aliphatic carbocycles. The number of hydrogen-bond donors (Lipinski definition) is 1. The molecule has 3 heteroatoms. The van der Waals surface area contributed by atoms with Crippen LogP contribution in [0.3, 0.4) is 0 Å². The average Bonchev–Trinajstić information content (AvgIpc) is 2.33. The molecule has 0 aromatic heterocycles. The van der Waals surface area contributed by atoms with Crippen LogP contribution in [0.5, 0.6) is 0 Å².